The number of ether oxygens (including phenoxy) is 1. The quantitative estimate of drug-likeness (QED) is 0.730. The molecule has 0 radical (unpaired) electrons. The zero-order valence-electron chi connectivity index (χ0n) is 11.8. The van der Waals surface area contributed by atoms with Crippen molar-refractivity contribution in [2.75, 3.05) is 19.0 Å². The lowest BCUT2D eigenvalue weighted by Gasteiger charge is -2.14. The van der Waals surface area contributed by atoms with E-state index in [-0.39, 0.29) is 18.2 Å². The number of methoxy groups -OCH3 is 1. The van der Waals surface area contributed by atoms with Gasteiger partial charge in [-0.25, -0.2) is 14.8 Å². The van der Waals surface area contributed by atoms with Crippen LogP contribution in [0.2, 0.25) is 0 Å². The number of aliphatic carboxylic acids is 1. The van der Waals surface area contributed by atoms with E-state index in [0.29, 0.717) is 18.1 Å². The Morgan fingerprint density at radius 3 is 2.70 bits per heavy atom. The monoisotopic (exact) mass is 281 g/mol. The summed E-state index contributed by atoms with van der Waals surface area (Å²) in [5, 5.41) is 11.8. The van der Waals surface area contributed by atoms with Crippen LogP contribution in [0.3, 0.4) is 0 Å². The second kappa shape index (κ2) is 7.42. The minimum Gasteiger partial charge on any atom is -0.481 e. The van der Waals surface area contributed by atoms with Gasteiger partial charge in [-0.15, -0.1) is 0 Å². The fraction of sp³-hybridized carbons (Fsp3) is 0.538. The number of anilines is 1. The first-order valence-electron chi connectivity index (χ1n) is 6.35. The fourth-order valence-electron chi connectivity index (χ4n) is 1.70. The van der Waals surface area contributed by atoms with E-state index in [1.165, 1.54) is 7.11 Å². The van der Waals surface area contributed by atoms with Crippen molar-refractivity contribution in [3.05, 3.63) is 17.6 Å². The number of aromatic nitrogens is 2. The van der Waals surface area contributed by atoms with E-state index >= 15 is 0 Å². The van der Waals surface area contributed by atoms with Gasteiger partial charge in [-0.2, -0.15) is 0 Å². The summed E-state index contributed by atoms with van der Waals surface area (Å²) in [6, 6.07) is 1.69. The van der Waals surface area contributed by atoms with E-state index in [1.54, 1.807) is 13.0 Å². The molecular formula is C13H19N3O4. The van der Waals surface area contributed by atoms with E-state index in [0.717, 1.165) is 6.42 Å². The van der Waals surface area contributed by atoms with Gasteiger partial charge in [0.25, 0.3) is 0 Å². The van der Waals surface area contributed by atoms with Crippen LogP contribution in [-0.2, 0) is 9.53 Å². The summed E-state index contributed by atoms with van der Waals surface area (Å²) in [5.41, 5.74) is 0.634. The number of nitrogens with zero attached hydrogens (tertiary/aromatic N) is 2. The first-order chi connectivity index (χ1) is 9.46. The highest BCUT2D eigenvalue weighted by Gasteiger charge is 2.14. The molecule has 1 atom stereocenters. The van der Waals surface area contributed by atoms with Crippen molar-refractivity contribution < 1.29 is 19.4 Å². The molecule has 0 fully saturated rings. The smallest absolute Gasteiger partial charge is 0.376 e. The molecule has 0 aromatic carbocycles. The van der Waals surface area contributed by atoms with Gasteiger partial charge in [0.05, 0.1) is 7.11 Å². The number of carboxylic acid groups (broad SMARTS) is 1. The minimum atomic E-state index is -0.826. The van der Waals surface area contributed by atoms with Crippen molar-refractivity contribution >= 4 is 17.8 Å². The molecule has 0 amide bonds. The van der Waals surface area contributed by atoms with Gasteiger partial charge >= 0.3 is 11.9 Å². The Kier molecular flexibility index (Phi) is 5.89. The van der Waals surface area contributed by atoms with Crippen LogP contribution in [0.25, 0.3) is 0 Å². The molecule has 0 aliphatic heterocycles. The third-order valence-electron chi connectivity index (χ3n) is 2.83. The summed E-state index contributed by atoms with van der Waals surface area (Å²) >= 11 is 0. The third kappa shape index (κ3) is 4.83. The molecule has 1 aromatic heterocycles. The van der Waals surface area contributed by atoms with Crippen LogP contribution < -0.4 is 5.32 Å². The van der Waals surface area contributed by atoms with Crippen LogP contribution in [-0.4, -0.2) is 40.7 Å². The highest BCUT2D eigenvalue weighted by molar-refractivity contribution is 5.85. The molecule has 0 saturated carbocycles. The van der Waals surface area contributed by atoms with Gasteiger partial charge in [0, 0.05) is 24.7 Å². The Hall–Kier alpha value is -2.18. The highest BCUT2D eigenvalue weighted by atomic mass is 16.5. The molecule has 1 unspecified atom stereocenters. The second-order valence-electron chi connectivity index (χ2n) is 4.46. The van der Waals surface area contributed by atoms with Crippen LogP contribution in [0, 0.1) is 12.8 Å². The summed E-state index contributed by atoms with van der Waals surface area (Å²) in [5.74, 6) is -0.950. The van der Waals surface area contributed by atoms with Crippen LogP contribution in [0.4, 0.5) is 5.82 Å². The molecule has 7 nitrogen and oxygen atoms in total. The van der Waals surface area contributed by atoms with Crippen molar-refractivity contribution in [3.63, 3.8) is 0 Å². The number of carbonyl (C=O) groups is 2. The Balaban J connectivity index is 2.74. The number of rotatable bonds is 7. The molecule has 0 aliphatic carbocycles. The first-order valence-corrected chi connectivity index (χ1v) is 6.35. The Bertz CT molecular complexity index is 491. The molecular weight excluding hydrogens is 262 g/mol. The second-order valence-corrected chi connectivity index (χ2v) is 4.46. The number of esters is 1. The topological polar surface area (TPSA) is 101 Å². The molecule has 1 heterocycles. The summed E-state index contributed by atoms with van der Waals surface area (Å²) in [7, 11) is 1.26. The maximum Gasteiger partial charge on any atom is 0.376 e. The molecule has 0 saturated heterocycles. The average Bonchev–Trinajstić information content (AvgIpc) is 2.41. The summed E-state index contributed by atoms with van der Waals surface area (Å²) in [6.07, 6.45) is 0.838. The number of carbonyl (C=O) groups excluding carboxylic acids is 1. The van der Waals surface area contributed by atoms with Crippen molar-refractivity contribution in [1.82, 2.24) is 9.97 Å². The lowest BCUT2D eigenvalue weighted by Crippen LogP contribution is -2.19. The van der Waals surface area contributed by atoms with Gasteiger partial charge in [0.2, 0.25) is 5.82 Å². The fourth-order valence-corrected chi connectivity index (χ4v) is 1.70. The maximum atomic E-state index is 11.4. The van der Waals surface area contributed by atoms with Crippen molar-refractivity contribution in [1.29, 1.82) is 0 Å². The van der Waals surface area contributed by atoms with Gasteiger partial charge in [-0.1, -0.05) is 13.3 Å². The Morgan fingerprint density at radius 1 is 1.45 bits per heavy atom. The zero-order chi connectivity index (χ0) is 15.1. The van der Waals surface area contributed by atoms with Gasteiger partial charge < -0.3 is 15.2 Å². The Labute approximate surface area is 117 Å². The van der Waals surface area contributed by atoms with Gasteiger partial charge in [-0.3, -0.25) is 4.79 Å². The average molecular weight is 281 g/mol. The number of hydrogen-bond acceptors (Lipinski definition) is 6. The van der Waals surface area contributed by atoms with E-state index < -0.39 is 11.9 Å². The summed E-state index contributed by atoms with van der Waals surface area (Å²) < 4.78 is 4.58. The number of aryl methyl sites for hydroxylation is 1. The van der Waals surface area contributed by atoms with Crippen LogP contribution >= 0.6 is 0 Å². The largest absolute Gasteiger partial charge is 0.481 e. The number of hydrogen-bond donors (Lipinski definition) is 2. The third-order valence-corrected chi connectivity index (χ3v) is 2.83. The van der Waals surface area contributed by atoms with E-state index in [1.807, 2.05) is 6.92 Å². The molecule has 20 heavy (non-hydrogen) atoms. The van der Waals surface area contributed by atoms with Crippen LogP contribution in [0.1, 0.15) is 36.1 Å². The molecule has 0 spiro atoms. The van der Waals surface area contributed by atoms with Crippen molar-refractivity contribution in [3.8, 4) is 0 Å². The maximum absolute atomic E-state index is 11.4. The summed E-state index contributed by atoms with van der Waals surface area (Å²) in [6.45, 7) is 4.15. The lowest BCUT2D eigenvalue weighted by atomic mass is 10.0. The Morgan fingerprint density at radius 2 is 2.15 bits per heavy atom. The SMILES string of the molecule is CCC(CNc1cc(C)nc(C(=O)OC)n1)CC(=O)O. The molecule has 2 N–H and O–H groups in total. The predicted octanol–water partition coefficient (Wildman–Crippen LogP) is 1.48. The van der Waals surface area contributed by atoms with Gasteiger partial charge in [0.1, 0.15) is 5.82 Å². The molecule has 110 valence electrons. The lowest BCUT2D eigenvalue weighted by molar-refractivity contribution is -0.138. The van der Waals surface area contributed by atoms with Crippen molar-refractivity contribution in [2.45, 2.75) is 26.7 Å². The minimum absolute atomic E-state index is 0.00403. The normalized spacial score (nSPS) is 11.8. The van der Waals surface area contributed by atoms with E-state index in [2.05, 4.69) is 20.0 Å². The first kappa shape index (κ1) is 15.9. The number of nitrogens with one attached hydrogen (secondary N) is 1. The zero-order valence-corrected chi connectivity index (χ0v) is 11.8. The highest BCUT2D eigenvalue weighted by Crippen LogP contribution is 2.12. The molecule has 1 rings (SSSR count). The van der Waals surface area contributed by atoms with E-state index in [9.17, 15) is 9.59 Å². The van der Waals surface area contributed by atoms with Gasteiger partial charge in [0.15, 0.2) is 0 Å². The molecule has 7 heteroatoms. The van der Waals surface area contributed by atoms with Gasteiger partial charge in [-0.05, 0) is 12.8 Å². The number of carboxylic acids is 1. The standard InChI is InChI=1S/C13H19N3O4/c1-4-9(6-11(17)18)7-14-10-5-8(2)15-12(16-10)13(19)20-3/h5,9H,4,6-7H2,1-3H3,(H,17,18)(H,14,15,16). The predicted molar refractivity (Wildman–Crippen MR) is 72.6 cm³/mol. The molecule has 0 bridgehead atoms. The molecule has 0 aliphatic rings. The van der Waals surface area contributed by atoms with Crippen LogP contribution in [0.5, 0.6) is 0 Å². The van der Waals surface area contributed by atoms with Crippen LogP contribution in [0.15, 0.2) is 6.07 Å². The van der Waals surface area contributed by atoms with E-state index in [4.69, 9.17) is 5.11 Å². The van der Waals surface area contributed by atoms with Crippen molar-refractivity contribution in [2.24, 2.45) is 5.92 Å². The molecule has 1 aromatic rings. The summed E-state index contributed by atoms with van der Waals surface area (Å²) in [4.78, 5) is 30.1.